The van der Waals surface area contributed by atoms with Gasteiger partial charge in [0.15, 0.2) is 0 Å². The van der Waals surface area contributed by atoms with E-state index in [1.807, 2.05) is 0 Å². The lowest BCUT2D eigenvalue weighted by Gasteiger charge is -2.37. The second kappa shape index (κ2) is 6.02. The van der Waals surface area contributed by atoms with Gasteiger partial charge in [-0.05, 0) is 44.7 Å². The molecule has 0 radical (unpaired) electrons. The van der Waals surface area contributed by atoms with Gasteiger partial charge in [0, 0.05) is 18.6 Å². The monoisotopic (exact) mass is 224 g/mol. The van der Waals surface area contributed by atoms with Crippen molar-refractivity contribution in [2.75, 3.05) is 19.6 Å². The summed E-state index contributed by atoms with van der Waals surface area (Å²) in [5, 5.41) is 3.63. The Hall–Kier alpha value is -0.0800. The smallest absolute Gasteiger partial charge is 0.0195 e. The van der Waals surface area contributed by atoms with Crippen LogP contribution in [0.15, 0.2) is 0 Å². The van der Waals surface area contributed by atoms with Gasteiger partial charge in [0.2, 0.25) is 0 Å². The Morgan fingerprint density at radius 2 is 2.06 bits per heavy atom. The molecule has 16 heavy (non-hydrogen) atoms. The third kappa shape index (κ3) is 3.21. The fourth-order valence-corrected chi connectivity index (χ4v) is 3.47. The largest absolute Gasteiger partial charge is 0.313 e. The summed E-state index contributed by atoms with van der Waals surface area (Å²) in [7, 11) is 0. The van der Waals surface area contributed by atoms with E-state index in [2.05, 4.69) is 24.1 Å². The first-order valence-corrected chi connectivity index (χ1v) is 7.27. The van der Waals surface area contributed by atoms with E-state index in [0.29, 0.717) is 0 Å². The molecule has 0 aromatic carbocycles. The number of nitrogens with one attached hydrogen (secondary N) is 1. The highest BCUT2D eigenvalue weighted by molar-refractivity contribution is 4.83. The molecule has 0 aromatic rings. The van der Waals surface area contributed by atoms with E-state index >= 15 is 0 Å². The Morgan fingerprint density at radius 1 is 1.19 bits per heavy atom. The minimum absolute atomic E-state index is 0.775. The van der Waals surface area contributed by atoms with Gasteiger partial charge >= 0.3 is 0 Å². The van der Waals surface area contributed by atoms with Gasteiger partial charge in [-0.1, -0.05) is 26.7 Å². The van der Waals surface area contributed by atoms with Gasteiger partial charge in [0.1, 0.15) is 0 Å². The summed E-state index contributed by atoms with van der Waals surface area (Å²) >= 11 is 0. The molecule has 1 aliphatic carbocycles. The minimum Gasteiger partial charge on any atom is -0.313 e. The van der Waals surface area contributed by atoms with Crippen LogP contribution in [0, 0.1) is 5.92 Å². The van der Waals surface area contributed by atoms with Crippen LogP contribution in [0.2, 0.25) is 0 Å². The molecule has 3 atom stereocenters. The van der Waals surface area contributed by atoms with Gasteiger partial charge in [-0.2, -0.15) is 0 Å². The Labute approximate surface area is 101 Å². The molecule has 1 heterocycles. The van der Waals surface area contributed by atoms with Crippen molar-refractivity contribution in [2.45, 2.75) is 64.5 Å². The van der Waals surface area contributed by atoms with Crippen LogP contribution in [0.3, 0.4) is 0 Å². The quantitative estimate of drug-likeness (QED) is 0.790. The van der Waals surface area contributed by atoms with E-state index in [9.17, 15) is 0 Å². The first-order chi connectivity index (χ1) is 7.79. The summed E-state index contributed by atoms with van der Waals surface area (Å²) in [4.78, 5) is 2.73. The number of rotatable bonds is 4. The molecular weight excluding hydrogens is 196 g/mol. The van der Waals surface area contributed by atoms with E-state index in [0.717, 1.165) is 18.0 Å². The van der Waals surface area contributed by atoms with Crippen molar-refractivity contribution in [1.82, 2.24) is 10.2 Å². The van der Waals surface area contributed by atoms with Crippen LogP contribution in [-0.4, -0.2) is 36.6 Å². The third-order valence-electron chi connectivity index (χ3n) is 4.45. The van der Waals surface area contributed by atoms with Crippen molar-refractivity contribution in [3.63, 3.8) is 0 Å². The lowest BCUT2D eigenvalue weighted by Crippen LogP contribution is -2.45. The summed E-state index contributed by atoms with van der Waals surface area (Å²) in [5.74, 6) is 0.948. The predicted octanol–water partition coefficient (Wildman–Crippen LogP) is 2.64. The first kappa shape index (κ1) is 12.4. The van der Waals surface area contributed by atoms with Crippen LogP contribution in [0.25, 0.3) is 0 Å². The maximum absolute atomic E-state index is 3.63. The van der Waals surface area contributed by atoms with Gasteiger partial charge in [-0.15, -0.1) is 0 Å². The second-order valence-corrected chi connectivity index (χ2v) is 5.81. The van der Waals surface area contributed by atoms with Crippen LogP contribution in [0.4, 0.5) is 0 Å². The molecule has 2 heteroatoms. The number of likely N-dealkylation sites (N-methyl/N-ethyl adjacent to an activating group) is 1. The molecule has 0 spiro atoms. The van der Waals surface area contributed by atoms with Crippen molar-refractivity contribution in [2.24, 2.45) is 5.92 Å². The lowest BCUT2D eigenvalue weighted by atomic mass is 9.86. The highest BCUT2D eigenvalue weighted by Gasteiger charge is 2.26. The van der Waals surface area contributed by atoms with Crippen molar-refractivity contribution < 1.29 is 0 Å². The van der Waals surface area contributed by atoms with Gasteiger partial charge in [0.05, 0.1) is 0 Å². The van der Waals surface area contributed by atoms with Crippen molar-refractivity contribution in [3.8, 4) is 0 Å². The third-order valence-corrected chi connectivity index (χ3v) is 4.45. The number of nitrogens with zero attached hydrogens (tertiary/aromatic N) is 1. The summed E-state index contributed by atoms with van der Waals surface area (Å²) in [5.41, 5.74) is 0. The predicted molar refractivity (Wildman–Crippen MR) is 69.7 cm³/mol. The molecule has 0 aromatic heterocycles. The molecule has 1 saturated heterocycles. The molecule has 2 nitrogen and oxygen atoms in total. The Bertz CT molecular complexity index is 199. The van der Waals surface area contributed by atoms with Gasteiger partial charge in [-0.3, -0.25) is 4.90 Å². The van der Waals surface area contributed by atoms with Crippen molar-refractivity contribution in [1.29, 1.82) is 0 Å². The first-order valence-electron chi connectivity index (χ1n) is 7.27. The zero-order valence-corrected chi connectivity index (χ0v) is 11.0. The number of hydrogen-bond acceptors (Lipinski definition) is 2. The Morgan fingerprint density at radius 3 is 2.69 bits per heavy atom. The maximum Gasteiger partial charge on any atom is 0.0195 e. The molecule has 3 unspecified atom stereocenters. The average Bonchev–Trinajstić information content (AvgIpc) is 2.78. The molecule has 1 saturated carbocycles. The Kier molecular flexibility index (Phi) is 4.66. The molecule has 1 N–H and O–H groups in total. The molecule has 0 amide bonds. The van der Waals surface area contributed by atoms with Gasteiger partial charge in [-0.25, -0.2) is 0 Å². The summed E-state index contributed by atoms with van der Waals surface area (Å²) in [6.07, 6.45) is 8.53. The molecule has 94 valence electrons. The topological polar surface area (TPSA) is 15.3 Å². The van der Waals surface area contributed by atoms with Crippen LogP contribution in [-0.2, 0) is 0 Å². The SMILES string of the molecule is CCN(CC1CCCN1)C1CCCC(C)C1. The summed E-state index contributed by atoms with van der Waals surface area (Å²) < 4.78 is 0. The average molecular weight is 224 g/mol. The molecular formula is C14H28N2. The zero-order chi connectivity index (χ0) is 11.4. The Balaban J connectivity index is 1.82. The molecule has 2 aliphatic rings. The van der Waals surface area contributed by atoms with Gasteiger partial charge in [0.25, 0.3) is 0 Å². The lowest BCUT2D eigenvalue weighted by molar-refractivity contribution is 0.130. The van der Waals surface area contributed by atoms with E-state index in [-0.39, 0.29) is 0 Å². The minimum atomic E-state index is 0.775. The fraction of sp³-hybridized carbons (Fsp3) is 1.00. The second-order valence-electron chi connectivity index (χ2n) is 5.81. The normalized spacial score (nSPS) is 35.8. The standard InChI is InChI=1S/C14H28N2/c1-3-16(11-13-7-5-9-15-13)14-8-4-6-12(2)10-14/h12-15H,3-11H2,1-2H3. The van der Waals surface area contributed by atoms with Crippen molar-refractivity contribution in [3.05, 3.63) is 0 Å². The van der Waals surface area contributed by atoms with Crippen molar-refractivity contribution >= 4 is 0 Å². The summed E-state index contributed by atoms with van der Waals surface area (Å²) in [6, 6.07) is 1.65. The molecule has 0 bridgehead atoms. The number of hydrogen-bond donors (Lipinski definition) is 1. The van der Waals surface area contributed by atoms with E-state index in [1.165, 1.54) is 58.2 Å². The summed E-state index contributed by atoms with van der Waals surface area (Å²) in [6.45, 7) is 8.51. The molecule has 2 rings (SSSR count). The van der Waals surface area contributed by atoms with Crippen LogP contribution < -0.4 is 5.32 Å². The van der Waals surface area contributed by atoms with Crippen LogP contribution >= 0.6 is 0 Å². The van der Waals surface area contributed by atoms with E-state index in [1.54, 1.807) is 0 Å². The highest BCUT2D eigenvalue weighted by Crippen LogP contribution is 2.27. The highest BCUT2D eigenvalue weighted by atomic mass is 15.2. The van der Waals surface area contributed by atoms with Crippen LogP contribution in [0.1, 0.15) is 52.4 Å². The van der Waals surface area contributed by atoms with Crippen LogP contribution in [0.5, 0.6) is 0 Å². The van der Waals surface area contributed by atoms with Gasteiger partial charge < -0.3 is 5.32 Å². The molecule has 2 fully saturated rings. The fourth-order valence-electron chi connectivity index (χ4n) is 3.47. The van der Waals surface area contributed by atoms with E-state index in [4.69, 9.17) is 0 Å². The van der Waals surface area contributed by atoms with E-state index < -0.39 is 0 Å². The zero-order valence-electron chi connectivity index (χ0n) is 11.0. The maximum atomic E-state index is 3.63. The molecule has 1 aliphatic heterocycles.